The molecule has 1 amide bonds. The molecule has 24 heavy (non-hydrogen) atoms. The van der Waals surface area contributed by atoms with E-state index in [0.29, 0.717) is 17.0 Å². The van der Waals surface area contributed by atoms with E-state index in [1.54, 1.807) is 25.3 Å². The van der Waals surface area contributed by atoms with Crippen molar-refractivity contribution in [3.8, 4) is 0 Å². The average Bonchev–Trinajstić information content (AvgIpc) is 3.20. The molecule has 1 aromatic heterocycles. The number of allylic oxidation sites excluding steroid dienone is 2. The second-order valence-corrected chi connectivity index (χ2v) is 7.36. The van der Waals surface area contributed by atoms with Crippen LogP contribution in [0.3, 0.4) is 0 Å². The first-order chi connectivity index (χ1) is 11.4. The molecule has 0 unspecified atom stereocenters. The van der Waals surface area contributed by atoms with Crippen molar-refractivity contribution in [3.63, 3.8) is 0 Å². The monoisotopic (exact) mass is 349 g/mol. The Morgan fingerprint density at radius 1 is 1.25 bits per heavy atom. The minimum Gasteiger partial charge on any atom is -0.481 e. The zero-order valence-electron chi connectivity index (χ0n) is 13.4. The van der Waals surface area contributed by atoms with Gasteiger partial charge in [-0.3, -0.25) is 9.59 Å². The Morgan fingerprint density at radius 3 is 2.54 bits per heavy atom. The average molecular weight is 349 g/mol. The molecule has 2 N–H and O–H groups in total. The lowest BCUT2D eigenvalue weighted by Crippen LogP contribution is -2.36. The molecule has 7 heteroatoms. The van der Waals surface area contributed by atoms with Gasteiger partial charge in [0.05, 0.1) is 23.5 Å². The number of fused-ring (bicyclic) bond motifs is 2. The smallest absolute Gasteiger partial charge is 0.341 e. The summed E-state index contributed by atoms with van der Waals surface area (Å²) >= 11 is 1.22. The number of hydrogen-bond acceptors (Lipinski definition) is 5. The summed E-state index contributed by atoms with van der Waals surface area (Å²) in [4.78, 5) is 36.2. The third-order valence-corrected chi connectivity index (χ3v) is 5.34. The number of rotatable bonds is 5. The molecule has 1 aromatic rings. The molecule has 1 saturated carbocycles. The highest BCUT2D eigenvalue weighted by molar-refractivity contribution is 7.14. The van der Waals surface area contributed by atoms with Crippen LogP contribution in [0.1, 0.15) is 30.6 Å². The maximum atomic E-state index is 12.7. The lowest BCUT2D eigenvalue weighted by molar-refractivity contribution is -0.146. The summed E-state index contributed by atoms with van der Waals surface area (Å²) in [5, 5.41) is 14.3. The molecule has 4 atom stereocenters. The number of carbonyl (C=O) groups excluding carboxylic acids is 2. The van der Waals surface area contributed by atoms with E-state index in [1.165, 1.54) is 11.3 Å². The summed E-state index contributed by atoms with van der Waals surface area (Å²) in [6.45, 7) is 3.50. The highest BCUT2D eigenvalue weighted by atomic mass is 32.1. The third kappa shape index (κ3) is 2.96. The Hall–Kier alpha value is -2.15. The van der Waals surface area contributed by atoms with E-state index in [9.17, 15) is 19.5 Å². The van der Waals surface area contributed by atoms with Crippen molar-refractivity contribution in [2.75, 3.05) is 5.32 Å². The van der Waals surface area contributed by atoms with Crippen LogP contribution in [0.5, 0.6) is 0 Å². The van der Waals surface area contributed by atoms with Gasteiger partial charge in [0, 0.05) is 0 Å². The van der Waals surface area contributed by atoms with Gasteiger partial charge in [-0.05, 0) is 43.6 Å². The molecule has 1 fully saturated rings. The first kappa shape index (κ1) is 16.7. The number of carboxylic acid groups (broad SMARTS) is 1. The fourth-order valence-electron chi connectivity index (χ4n) is 3.56. The lowest BCUT2D eigenvalue weighted by Gasteiger charge is -2.23. The molecule has 2 aliphatic carbocycles. The van der Waals surface area contributed by atoms with E-state index in [2.05, 4.69) is 5.32 Å². The van der Waals surface area contributed by atoms with Crippen molar-refractivity contribution < 1.29 is 24.2 Å². The van der Waals surface area contributed by atoms with E-state index in [4.69, 9.17) is 4.74 Å². The van der Waals surface area contributed by atoms with E-state index in [1.807, 2.05) is 12.2 Å². The number of ether oxygens (including phenoxy) is 1. The van der Waals surface area contributed by atoms with Gasteiger partial charge in [0.1, 0.15) is 5.00 Å². The Balaban J connectivity index is 1.76. The maximum Gasteiger partial charge on any atom is 0.341 e. The van der Waals surface area contributed by atoms with E-state index in [-0.39, 0.29) is 23.8 Å². The molecule has 0 radical (unpaired) electrons. The van der Waals surface area contributed by atoms with E-state index < -0.39 is 23.8 Å². The van der Waals surface area contributed by atoms with Gasteiger partial charge in [-0.15, -0.1) is 11.3 Å². The lowest BCUT2D eigenvalue weighted by atomic mass is 9.82. The zero-order chi connectivity index (χ0) is 17.4. The number of thiophene rings is 1. The Kier molecular flexibility index (Phi) is 4.45. The van der Waals surface area contributed by atoms with Gasteiger partial charge in [0.15, 0.2) is 0 Å². The highest BCUT2D eigenvalue weighted by Crippen LogP contribution is 2.48. The number of carbonyl (C=O) groups is 3. The van der Waals surface area contributed by atoms with Crippen LogP contribution in [-0.2, 0) is 14.3 Å². The first-order valence-corrected chi connectivity index (χ1v) is 8.77. The maximum absolute atomic E-state index is 12.7. The normalized spacial score (nSPS) is 27.5. The Morgan fingerprint density at radius 2 is 1.92 bits per heavy atom. The molecule has 0 saturated heterocycles. The molecular weight excluding hydrogens is 330 g/mol. The van der Waals surface area contributed by atoms with Crippen LogP contribution in [0.2, 0.25) is 0 Å². The SMILES string of the molecule is CC(C)OC(=O)c1ccsc1NC(=O)[C@@H]1[C@@H](C(=O)O)[C@H]2C=C[C@@H]1C2. The van der Waals surface area contributed by atoms with Gasteiger partial charge in [-0.25, -0.2) is 4.79 Å². The van der Waals surface area contributed by atoms with Crippen molar-refractivity contribution in [2.24, 2.45) is 23.7 Å². The standard InChI is InChI=1S/C17H19NO5S/c1-8(2)23-17(22)11-5-6-24-15(11)18-14(19)12-9-3-4-10(7-9)13(12)16(20)21/h3-6,8-10,12-13H,7H2,1-2H3,(H,18,19)(H,20,21)/t9-,10+,12+,13+/m1/s1. The summed E-state index contributed by atoms with van der Waals surface area (Å²) in [5.41, 5.74) is 0.299. The third-order valence-electron chi connectivity index (χ3n) is 4.51. The quantitative estimate of drug-likeness (QED) is 0.630. The molecule has 2 bridgehead atoms. The van der Waals surface area contributed by atoms with Gasteiger partial charge in [0.25, 0.3) is 0 Å². The number of esters is 1. The second kappa shape index (κ2) is 6.39. The fraction of sp³-hybridized carbons (Fsp3) is 0.471. The minimum atomic E-state index is -0.947. The fourth-order valence-corrected chi connectivity index (χ4v) is 4.33. The molecule has 0 aliphatic heterocycles. The number of anilines is 1. The Labute approximate surface area is 143 Å². The van der Waals surface area contributed by atoms with Gasteiger partial charge >= 0.3 is 11.9 Å². The zero-order valence-corrected chi connectivity index (χ0v) is 14.2. The van der Waals surface area contributed by atoms with Gasteiger partial charge in [-0.2, -0.15) is 0 Å². The van der Waals surface area contributed by atoms with Crippen molar-refractivity contribution in [1.29, 1.82) is 0 Å². The predicted molar refractivity (Wildman–Crippen MR) is 88.9 cm³/mol. The summed E-state index contributed by atoms with van der Waals surface area (Å²) < 4.78 is 5.16. The highest BCUT2D eigenvalue weighted by Gasteiger charge is 2.51. The van der Waals surface area contributed by atoms with Crippen molar-refractivity contribution >= 4 is 34.2 Å². The number of hydrogen-bond donors (Lipinski definition) is 2. The number of carboxylic acids is 1. The molecule has 3 rings (SSSR count). The number of nitrogens with one attached hydrogen (secondary N) is 1. The van der Waals surface area contributed by atoms with Crippen molar-refractivity contribution in [3.05, 3.63) is 29.2 Å². The molecule has 6 nitrogen and oxygen atoms in total. The van der Waals surface area contributed by atoms with Crippen LogP contribution in [0.4, 0.5) is 5.00 Å². The second-order valence-electron chi connectivity index (χ2n) is 6.44. The number of aliphatic carboxylic acids is 1. The molecule has 128 valence electrons. The molecular formula is C17H19NO5S. The summed E-state index contributed by atoms with van der Waals surface area (Å²) in [5.74, 6) is -3.24. The molecule has 2 aliphatic rings. The molecule has 0 aromatic carbocycles. The summed E-state index contributed by atoms with van der Waals surface area (Å²) in [7, 11) is 0. The van der Waals surface area contributed by atoms with Crippen molar-refractivity contribution in [2.45, 2.75) is 26.4 Å². The van der Waals surface area contributed by atoms with Crippen LogP contribution in [0.15, 0.2) is 23.6 Å². The van der Waals surface area contributed by atoms with Gasteiger partial charge in [-0.1, -0.05) is 12.2 Å². The topological polar surface area (TPSA) is 92.7 Å². The largest absolute Gasteiger partial charge is 0.481 e. The minimum absolute atomic E-state index is 0.0536. The number of amides is 1. The first-order valence-electron chi connectivity index (χ1n) is 7.89. The van der Waals surface area contributed by atoms with Gasteiger partial charge < -0.3 is 15.2 Å². The van der Waals surface area contributed by atoms with Crippen LogP contribution in [0, 0.1) is 23.7 Å². The van der Waals surface area contributed by atoms with Crippen LogP contribution in [-0.4, -0.2) is 29.1 Å². The van der Waals surface area contributed by atoms with Crippen LogP contribution < -0.4 is 5.32 Å². The Bertz CT molecular complexity index is 708. The molecule has 1 heterocycles. The van der Waals surface area contributed by atoms with Crippen molar-refractivity contribution in [1.82, 2.24) is 0 Å². The molecule has 0 spiro atoms. The van der Waals surface area contributed by atoms with Crippen LogP contribution >= 0.6 is 11.3 Å². The van der Waals surface area contributed by atoms with E-state index >= 15 is 0 Å². The summed E-state index contributed by atoms with van der Waals surface area (Å²) in [6.07, 6.45) is 4.26. The summed E-state index contributed by atoms with van der Waals surface area (Å²) in [6, 6.07) is 1.60. The van der Waals surface area contributed by atoms with Gasteiger partial charge in [0.2, 0.25) is 5.91 Å². The van der Waals surface area contributed by atoms with Crippen LogP contribution in [0.25, 0.3) is 0 Å². The van der Waals surface area contributed by atoms with E-state index in [0.717, 1.165) is 0 Å². The predicted octanol–water partition coefficient (Wildman–Crippen LogP) is 2.77.